The highest BCUT2D eigenvalue weighted by atomic mass is 32.2. The highest BCUT2D eigenvalue weighted by molar-refractivity contribution is 7.99. The van der Waals surface area contributed by atoms with Gasteiger partial charge in [0.15, 0.2) is 0 Å². The second-order valence-electron chi connectivity index (χ2n) is 5.70. The third-order valence-corrected chi connectivity index (χ3v) is 4.88. The number of alkyl halides is 3. The first kappa shape index (κ1) is 19.7. The lowest BCUT2D eigenvalue weighted by atomic mass is 10.2. The van der Waals surface area contributed by atoms with E-state index in [0.717, 1.165) is 18.0 Å². The number of halogens is 3. The SMILES string of the molecule is CCN(c1ccc(C#N)cc1)c1ncc(C(F)(F)F)c(Sc2ccccc2)n1. The van der Waals surface area contributed by atoms with E-state index in [1.165, 1.54) is 0 Å². The van der Waals surface area contributed by atoms with Crippen LogP contribution in [0.3, 0.4) is 0 Å². The van der Waals surface area contributed by atoms with Gasteiger partial charge in [-0.05, 0) is 43.3 Å². The van der Waals surface area contributed by atoms with Crippen molar-refractivity contribution in [1.82, 2.24) is 9.97 Å². The van der Waals surface area contributed by atoms with Gasteiger partial charge in [0.25, 0.3) is 0 Å². The average Bonchev–Trinajstić information content (AvgIpc) is 2.69. The molecule has 4 nitrogen and oxygen atoms in total. The predicted molar refractivity (Wildman–Crippen MR) is 101 cm³/mol. The molecule has 0 unspecified atom stereocenters. The molecule has 0 saturated heterocycles. The molecule has 0 aliphatic heterocycles. The van der Waals surface area contributed by atoms with Crippen molar-refractivity contribution < 1.29 is 13.2 Å². The van der Waals surface area contributed by atoms with Gasteiger partial charge in [-0.2, -0.15) is 18.4 Å². The summed E-state index contributed by atoms with van der Waals surface area (Å²) < 4.78 is 40.3. The Kier molecular flexibility index (Phi) is 5.85. The van der Waals surface area contributed by atoms with Crippen LogP contribution in [0.2, 0.25) is 0 Å². The zero-order valence-electron chi connectivity index (χ0n) is 14.8. The molecule has 0 radical (unpaired) electrons. The highest BCUT2D eigenvalue weighted by Crippen LogP contribution is 2.39. The van der Waals surface area contributed by atoms with Gasteiger partial charge in [0, 0.05) is 23.3 Å². The third kappa shape index (κ3) is 4.43. The number of aromatic nitrogens is 2. The molecule has 0 atom stereocenters. The lowest BCUT2D eigenvalue weighted by Crippen LogP contribution is -2.20. The van der Waals surface area contributed by atoms with Gasteiger partial charge in [-0.25, -0.2) is 9.97 Å². The molecule has 8 heteroatoms. The number of benzene rings is 2. The Balaban J connectivity index is 2.03. The fourth-order valence-corrected chi connectivity index (χ4v) is 3.44. The first-order chi connectivity index (χ1) is 13.4. The molecule has 0 bridgehead atoms. The zero-order chi connectivity index (χ0) is 20.1. The molecule has 1 aromatic heterocycles. The van der Waals surface area contributed by atoms with E-state index in [-0.39, 0.29) is 11.0 Å². The van der Waals surface area contributed by atoms with Crippen molar-refractivity contribution >= 4 is 23.4 Å². The smallest absolute Gasteiger partial charge is 0.311 e. The number of nitrogens with zero attached hydrogens (tertiary/aromatic N) is 4. The van der Waals surface area contributed by atoms with Crippen molar-refractivity contribution in [2.75, 3.05) is 11.4 Å². The second-order valence-corrected chi connectivity index (χ2v) is 6.77. The van der Waals surface area contributed by atoms with Gasteiger partial charge in [0.1, 0.15) is 10.6 Å². The van der Waals surface area contributed by atoms with Crippen LogP contribution in [0.4, 0.5) is 24.8 Å². The molecule has 0 spiro atoms. The fourth-order valence-electron chi connectivity index (χ4n) is 2.52. The Morgan fingerprint density at radius 1 is 1.07 bits per heavy atom. The van der Waals surface area contributed by atoms with E-state index in [9.17, 15) is 13.2 Å². The van der Waals surface area contributed by atoms with Gasteiger partial charge in [-0.1, -0.05) is 30.0 Å². The summed E-state index contributed by atoms with van der Waals surface area (Å²) in [7, 11) is 0. The maximum atomic E-state index is 13.4. The molecular weight excluding hydrogens is 385 g/mol. The number of hydrogen-bond donors (Lipinski definition) is 0. The quantitative estimate of drug-likeness (QED) is 0.516. The fraction of sp³-hybridized carbons (Fsp3) is 0.150. The van der Waals surface area contributed by atoms with Crippen LogP contribution >= 0.6 is 11.8 Å². The van der Waals surface area contributed by atoms with E-state index in [4.69, 9.17) is 5.26 Å². The number of nitriles is 1. The van der Waals surface area contributed by atoms with Crippen LogP contribution in [-0.2, 0) is 6.18 Å². The molecule has 1 heterocycles. The van der Waals surface area contributed by atoms with E-state index < -0.39 is 11.7 Å². The highest BCUT2D eigenvalue weighted by Gasteiger charge is 2.35. The molecule has 0 amide bonds. The van der Waals surface area contributed by atoms with Gasteiger partial charge < -0.3 is 4.90 Å². The Morgan fingerprint density at radius 3 is 2.32 bits per heavy atom. The van der Waals surface area contributed by atoms with Crippen LogP contribution < -0.4 is 4.90 Å². The molecule has 142 valence electrons. The summed E-state index contributed by atoms with van der Waals surface area (Å²) in [4.78, 5) is 10.5. The van der Waals surface area contributed by atoms with Crippen molar-refractivity contribution in [3.8, 4) is 6.07 Å². The van der Waals surface area contributed by atoms with Gasteiger partial charge >= 0.3 is 6.18 Å². The monoisotopic (exact) mass is 400 g/mol. The second kappa shape index (κ2) is 8.31. The molecule has 0 N–H and O–H groups in total. The molecule has 0 saturated carbocycles. The van der Waals surface area contributed by atoms with Gasteiger partial charge in [0.2, 0.25) is 5.95 Å². The summed E-state index contributed by atoms with van der Waals surface area (Å²) in [5.41, 5.74) is 0.311. The molecule has 3 rings (SSSR count). The van der Waals surface area contributed by atoms with Crippen LogP contribution in [0.15, 0.2) is 70.7 Å². The van der Waals surface area contributed by atoms with E-state index in [0.29, 0.717) is 22.7 Å². The van der Waals surface area contributed by atoms with Crippen molar-refractivity contribution in [2.45, 2.75) is 23.0 Å². The molecule has 0 aliphatic carbocycles. The molecule has 2 aromatic carbocycles. The number of rotatable bonds is 5. The molecule has 0 fully saturated rings. The first-order valence-electron chi connectivity index (χ1n) is 8.37. The summed E-state index contributed by atoms with van der Waals surface area (Å²) in [6.07, 6.45) is -3.74. The minimum absolute atomic E-state index is 0.157. The topological polar surface area (TPSA) is 52.8 Å². The van der Waals surface area contributed by atoms with Gasteiger partial charge in [-0.3, -0.25) is 0 Å². The Bertz CT molecular complexity index is 983. The summed E-state index contributed by atoms with van der Waals surface area (Å²) in [6, 6.07) is 17.5. The normalized spacial score (nSPS) is 11.1. The average molecular weight is 400 g/mol. The molecule has 3 aromatic rings. The number of hydrogen-bond acceptors (Lipinski definition) is 5. The Labute approximate surface area is 164 Å². The van der Waals surface area contributed by atoms with Crippen LogP contribution in [0.1, 0.15) is 18.1 Å². The molecular formula is C20H15F3N4S. The van der Waals surface area contributed by atoms with Crippen molar-refractivity contribution in [3.05, 3.63) is 71.9 Å². The summed E-state index contributed by atoms with van der Waals surface area (Å²) >= 11 is 0.944. The predicted octanol–water partition coefficient (Wildman–Crippen LogP) is 5.68. The Morgan fingerprint density at radius 2 is 1.75 bits per heavy atom. The maximum Gasteiger partial charge on any atom is 0.420 e. The van der Waals surface area contributed by atoms with E-state index in [2.05, 4.69) is 9.97 Å². The largest absolute Gasteiger partial charge is 0.420 e. The zero-order valence-corrected chi connectivity index (χ0v) is 15.6. The standard InChI is InChI=1S/C20H15F3N4S/c1-2-27(15-10-8-14(12-24)9-11-15)19-25-13-17(20(21,22)23)18(26-19)28-16-6-4-3-5-7-16/h3-11,13H,2H2,1H3. The molecule has 0 aliphatic rings. The van der Waals surface area contributed by atoms with E-state index in [1.807, 2.05) is 13.0 Å². The van der Waals surface area contributed by atoms with Crippen LogP contribution in [0, 0.1) is 11.3 Å². The Hall–Kier alpha value is -3.05. The maximum absolute atomic E-state index is 13.4. The first-order valence-corrected chi connectivity index (χ1v) is 9.19. The third-order valence-electron chi connectivity index (χ3n) is 3.87. The minimum atomic E-state index is -4.55. The lowest BCUT2D eigenvalue weighted by Gasteiger charge is -2.22. The summed E-state index contributed by atoms with van der Waals surface area (Å²) in [6.45, 7) is 2.30. The van der Waals surface area contributed by atoms with Gasteiger partial charge in [0.05, 0.1) is 11.6 Å². The lowest BCUT2D eigenvalue weighted by molar-refractivity contribution is -0.140. The van der Waals surface area contributed by atoms with Crippen LogP contribution in [-0.4, -0.2) is 16.5 Å². The van der Waals surface area contributed by atoms with Crippen LogP contribution in [0.5, 0.6) is 0 Å². The van der Waals surface area contributed by atoms with Crippen molar-refractivity contribution in [3.63, 3.8) is 0 Å². The van der Waals surface area contributed by atoms with Crippen molar-refractivity contribution in [1.29, 1.82) is 5.26 Å². The minimum Gasteiger partial charge on any atom is -0.311 e. The van der Waals surface area contributed by atoms with E-state index >= 15 is 0 Å². The summed E-state index contributed by atoms with van der Waals surface area (Å²) in [5, 5.41) is 8.77. The van der Waals surface area contributed by atoms with E-state index in [1.54, 1.807) is 59.5 Å². The van der Waals surface area contributed by atoms with Gasteiger partial charge in [-0.15, -0.1) is 0 Å². The molecule has 28 heavy (non-hydrogen) atoms. The van der Waals surface area contributed by atoms with Crippen LogP contribution in [0.25, 0.3) is 0 Å². The summed E-state index contributed by atoms with van der Waals surface area (Å²) in [5.74, 6) is 0.165. The van der Waals surface area contributed by atoms with Crippen molar-refractivity contribution in [2.24, 2.45) is 0 Å². The number of anilines is 2.